The minimum Gasteiger partial charge on any atom is -0.410 e. The van der Waals surface area contributed by atoms with E-state index < -0.39 is 11.9 Å². The minimum atomic E-state index is -1.02. The summed E-state index contributed by atoms with van der Waals surface area (Å²) in [6, 6.07) is 2.21. The van der Waals surface area contributed by atoms with Crippen molar-refractivity contribution in [3.8, 4) is 5.75 Å². The predicted molar refractivity (Wildman–Crippen MR) is 46.6 cm³/mol. The molecule has 0 radical (unpaired) electrons. The third-order valence-electron chi connectivity index (χ3n) is 1.18. The van der Waals surface area contributed by atoms with Crippen molar-refractivity contribution >= 4 is 29.3 Å². The molecule has 0 bridgehead atoms. The van der Waals surface area contributed by atoms with Crippen LogP contribution in [0.1, 0.15) is 0 Å². The predicted octanol–water partition coefficient (Wildman–Crippen LogP) is 2.59. The summed E-state index contributed by atoms with van der Waals surface area (Å²) >= 11 is 10.8. The first-order chi connectivity index (χ1) is 6.00. The average molecular weight is 224 g/mol. The molecule has 0 aliphatic heterocycles. The molecule has 0 atom stereocenters. The number of carbonyl (C=O) groups excluding carboxylic acids is 1. The van der Waals surface area contributed by atoms with Crippen molar-refractivity contribution in [2.75, 3.05) is 0 Å². The van der Waals surface area contributed by atoms with Gasteiger partial charge in [0.25, 0.3) is 0 Å². The lowest BCUT2D eigenvalue weighted by molar-refractivity contribution is 0.211. The molecule has 13 heavy (non-hydrogen) atoms. The highest BCUT2D eigenvalue weighted by Crippen LogP contribution is 2.28. The molecule has 6 heteroatoms. The molecule has 0 aromatic heterocycles. The highest BCUT2D eigenvalue weighted by atomic mass is 35.5. The Morgan fingerprint density at radius 2 is 1.85 bits per heavy atom. The Morgan fingerprint density at radius 1 is 1.38 bits per heavy atom. The first-order valence-electron chi connectivity index (χ1n) is 3.12. The van der Waals surface area contributed by atoms with Crippen molar-refractivity contribution in [3.63, 3.8) is 0 Å². The molecule has 0 unspecified atom stereocenters. The molecule has 1 aromatic rings. The fourth-order valence-electron chi connectivity index (χ4n) is 0.707. The fraction of sp³-hybridized carbons (Fsp3) is 0. The molecule has 3 nitrogen and oxygen atoms in total. The number of halogens is 3. The summed E-state index contributed by atoms with van der Waals surface area (Å²) in [6.45, 7) is 0. The number of carbonyl (C=O) groups is 1. The third kappa shape index (κ3) is 2.47. The summed E-state index contributed by atoms with van der Waals surface area (Å²) in [5.74, 6) is -0.760. The lowest BCUT2D eigenvalue weighted by Crippen LogP contribution is -2.16. The molecule has 70 valence electrons. The van der Waals surface area contributed by atoms with Crippen molar-refractivity contribution in [1.82, 2.24) is 0 Å². The van der Waals surface area contributed by atoms with Crippen molar-refractivity contribution in [1.29, 1.82) is 0 Å². The van der Waals surface area contributed by atoms with Crippen LogP contribution >= 0.6 is 23.2 Å². The lowest BCUT2D eigenvalue weighted by Gasteiger charge is -2.02. The molecule has 0 spiro atoms. The van der Waals surface area contributed by atoms with Crippen LogP contribution in [0.5, 0.6) is 5.75 Å². The molecule has 0 saturated heterocycles. The second-order valence-corrected chi connectivity index (χ2v) is 2.94. The van der Waals surface area contributed by atoms with E-state index in [0.717, 1.165) is 12.1 Å². The molecule has 0 heterocycles. The van der Waals surface area contributed by atoms with Gasteiger partial charge in [-0.1, -0.05) is 23.2 Å². The zero-order valence-corrected chi connectivity index (χ0v) is 7.69. The van der Waals surface area contributed by atoms with Gasteiger partial charge in [-0.25, -0.2) is 9.18 Å². The van der Waals surface area contributed by atoms with Crippen LogP contribution in [0.4, 0.5) is 9.18 Å². The Kier molecular flexibility index (Phi) is 2.95. The minimum absolute atomic E-state index is 0.00361. The topological polar surface area (TPSA) is 52.3 Å². The van der Waals surface area contributed by atoms with Gasteiger partial charge in [0, 0.05) is 12.1 Å². The first-order valence-corrected chi connectivity index (χ1v) is 3.88. The van der Waals surface area contributed by atoms with Gasteiger partial charge in [0.1, 0.15) is 5.75 Å². The fourth-order valence-corrected chi connectivity index (χ4v) is 1.17. The van der Waals surface area contributed by atoms with Crippen LogP contribution in [-0.4, -0.2) is 6.09 Å². The summed E-state index contributed by atoms with van der Waals surface area (Å²) in [4.78, 5) is 10.3. The summed E-state index contributed by atoms with van der Waals surface area (Å²) in [5, 5.41) is -0.465. The number of hydrogen-bond donors (Lipinski definition) is 1. The van der Waals surface area contributed by atoms with Crippen molar-refractivity contribution in [2.24, 2.45) is 5.73 Å². The summed E-state index contributed by atoms with van der Waals surface area (Å²) in [6.07, 6.45) is -1.02. The number of primary amides is 1. The van der Waals surface area contributed by atoms with E-state index in [0.29, 0.717) is 0 Å². The number of hydrogen-bond acceptors (Lipinski definition) is 2. The van der Waals surface area contributed by atoms with E-state index in [9.17, 15) is 9.18 Å². The highest BCUT2D eigenvalue weighted by Gasteiger charge is 2.09. The Hall–Kier alpha value is -1.00. The molecule has 1 amide bonds. The van der Waals surface area contributed by atoms with Gasteiger partial charge in [0.2, 0.25) is 0 Å². The van der Waals surface area contributed by atoms with E-state index in [1.807, 2.05) is 0 Å². The third-order valence-corrected chi connectivity index (χ3v) is 1.73. The SMILES string of the molecule is NC(=O)Oc1cc(Cl)c(F)c(Cl)c1. The van der Waals surface area contributed by atoms with Crippen molar-refractivity contribution in [3.05, 3.63) is 28.0 Å². The summed E-state index contributed by atoms with van der Waals surface area (Å²) < 4.78 is 17.2. The van der Waals surface area contributed by atoms with Crippen LogP contribution in [0, 0.1) is 5.82 Å². The standard InChI is InChI=1S/C7H4Cl2FNO2/c8-4-1-3(13-7(11)12)2-5(9)6(4)10/h1-2H,(H2,11,12). The Balaban J connectivity index is 3.06. The van der Waals surface area contributed by atoms with Gasteiger partial charge in [-0.2, -0.15) is 0 Å². The van der Waals surface area contributed by atoms with Crippen LogP contribution in [-0.2, 0) is 0 Å². The molecular formula is C7H4Cl2FNO2. The molecule has 0 saturated carbocycles. The number of benzene rings is 1. The summed E-state index contributed by atoms with van der Waals surface area (Å²) in [5.41, 5.74) is 4.72. The molecule has 0 aliphatic carbocycles. The van der Waals surface area contributed by atoms with Gasteiger partial charge in [-0.3, -0.25) is 0 Å². The Bertz CT molecular complexity index is 333. The monoisotopic (exact) mass is 223 g/mol. The Labute approximate surface area is 83.2 Å². The number of ether oxygens (including phenoxy) is 1. The van der Waals surface area contributed by atoms with Crippen LogP contribution in [0.15, 0.2) is 12.1 Å². The normalized spacial score (nSPS) is 9.77. The molecule has 1 aromatic carbocycles. The van der Waals surface area contributed by atoms with E-state index in [2.05, 4.69) is 4.74 Å². The molecular weight excluding hydrogens is 220 g/mol. The van der Waals surface area contributed by atoms with Gasteiger partial charge >= 0.3 is 6.09 Å². The second-order valence-electron chi connectivity index (χ2n) is 2.12. The average Bonchev–Trinajstić information content (AvgIpc) is 1.98. The van der Waals surface area contributed by atoms with E-state index in [-0.39, 0.29) is 15.8 Å². The van der Waals surface area contributed by atoms with Crippen LogP contribution in [0.25, 0.3) is 0 Å². The highest BCUT2D eigenvalue weighted by molar-refractivity contribution is 6.35. The van der Waals surface area contributed by atoms with E-state index in [4.69, 9.17) is 28.9 Å². The largest absolute Gasteiger partial charge is 0.410 e. The number of nitrogens with two attached hydrogens (primary N) is 1. The number of amides is 1. The Morgan fingerprint density at radius 3 is 2.23 bits per heavy atom. The van der Waals surface area contributed by atoms with E-state index >= 15 is 0 Å². The number of rotatable bonds is 1. The maximum atomic E-state index is 12.8. The first kappa shape index (κ1) is 10.1. The van der Waals surface area contributed by atoms with Crippen LogP contribution < -0.4 is 10.5 Å². The van der Waals surface area contributed by atoms with Crippen LogP contribution in [0.3, 0.4) is 0 Å². The maximum absolute atomic E-state index is 12.8. The molecule has 1 rings (SSSR count). The lowest BCUT2D eigenvalue weighted by atomic mass is 10.3. The smallest absolute Gasteiger partial charge is 0.409 e. The van der Waals surface area contributed by atoms with Crippen molar-refractivity contribution in [2.45, 2.75) is 0 Å². The van der Waals surface area contributed by atoms with E-state index in [1.54, 1.807) is 0 Å². The molecule has 0 aliphatic rings. The zero-order valence-electron chi connectivity index (χ0n) is 6.18. The van der Waals surface area contributed by atoms with Gasteiger partial charge in [0.05, 0.1) is 10.0 Å². The zero-order chi connectivity index (χ0) is 10.0. The van der Waals surface area contributed by atoms with Gasteiger partial charge in [-0.15, -0.1) is 0 Å². The van der Waals surface area contributed by atoms with Crippen LogP contribution in [0.2, 0.25) is 10.0 Å². The van der Waals surface area contributed by atoms with Gasteiger partial charge in [0.15, 0.2) is 5.82 Å². The maximum Gasteiger partial charge on any atom is 0.409 e. The van der Waals surface area contributed by atoms with Gasteiger partial charge < -0.3 is 10.5 Å². The molecule has 0 fully saturated rings. The van der Waals surface area contributed by atoms with Crippen molar-refractivity contribution < 1.29 is 13.9 Å². The van der Waals surface area contributed by atoms with E-state index in [1.165, 1.54) is 0 Å². The second kappa shape index (κ2) is 3.81. The molecule has 2 N–H and O–H groups in total. The van der Waals surface area contributed by atoms with Gasteiger partial charge in [-0.05, 0) is 0 Å². The summed E-state index contributed by atoms with van der Waals surface area (Å²) in [7, 11) is 0. The quantitative estimate of drug-likeness (QED) is 0.745.